The highest BCUT2D eigenvalue weighted by Crippen LogP contribution is 2.25. The first-order valence-corrected chi connectivity index (χ1v) is 9.22. The fourth-order valence-corrected chi connectivity index (χ4v) is 2.95. The van der Waals surface area contributed by atoms with Crippen molar-refractivity contribution in [1.29, 1.82) is 0 Å². The minimum Gasteiger partial charge on any atom is -0.495 e. The van der Waals surface area contributed by atoms with Crippen LogP contribution in [0.3, 0.4) is 0 Å². The molecule has 9 heteroatoms. The Labute approximate surface area is 172 Å². The molecule has 0 fully saturated rings. The van der Waals surface area contributed by atoms with Crippen LogP contribution in [0.2, 0.25) is 0 Å². The van der Waals surface area contributed by atoms with E-state index in [0.717, 1.165) is 5.56 Å². The lowest BCUT2D eigenvalue weighted by atomic mass is 10.2. The molecular formula is C21H20N6O3. The lowest BCUT2D eigenvalue weighted by Gasteiger charge is -2.08. The number of methoxy groups -OCH3 is 1. The summed E-state index contributed by atoms with van der Waals surface area (Å²) in [6.45, 7) is 2.04. The van der Waals surface area contributed by atoms with E-state index >= 15 is 0 Å². The van der Waals surface area contributed by atoms with Gasteiger partial charge in [-0.25, -0.2) is 9.67 Å². The number of nitrogens with one attached hydrogen (secondary N) is 1. The third kappa shape index (κ3) is 3.72. The van der Waals surface area contributed by atoms with Crippen LogP contribution in [0.25, 0.3) is 11.5 Å². The number of oxazole rings is 1. The number of ether oxygens (including phenoxy) is 1. The Morgan fingerprint density at radius 1 is 1.17 bits per heavy atom. The molecule has 0 saturated heterocycles. The summed E-state index contributed by atoms with van der Waals surface area (Å²) < 4.78 is 12.4. The van der Waals surface area contributed by atoms with Crippen LogP contribution in [0.5, 0.6) is 5.75 Å². The monoisotopic (exact) mass is 404 g/mol. The minimum atomic E-state index is -0.481. The van der Waals surface area contributed by atoms with Crippen LogP contribution in [-0.2, 0) is 6.54 Å². The van der Waals surface area contributed by atoms with Crippen molar-refractivity contribution in [3.05, 3.63) is 71.7 Å². The van der Waals surface area contributed by atoms with E-state index in [1.54, 1.807) is 18.2 Å². The van der Waals surface area contributed by atoms with Crippen molar-refractivity contribution in [2.24, 2.45) is 0 Å². The number of anilines is 2. The Morgan fingerprint density at radius 3 is 2.67 bits per heavy atom. The molecular weight excluding hydrogens is 384 g/mol. The molecule has 2 aromatic heterocycles. The van der Waals surface area contributed by atoms with Crippen molar-refractivity contribution in [2.45, 2.75) is 13.5 Å². The first-order valence-electron chi connectivity index (χ1n) is 9.22. The number of rotatable bonds is 6. The van der Waals surface area contributed by atoms with Crippen molar-refractivity contribution < 1.29 is 13.9 Å². The maximum Gasteiger partial charge on any atom is 0.280 e. The molecule has 0 saturated carbocycles. The maximum absolute atomic E-state index is 12.6. The zero-order valence-corrected chi connectivity index (χ0v) is 16.5. The molecule has 4 rings (SSSR count). The summed E-state index contributed by atoms with van der Waals surface area (Å²) in [6.07, 6.45) is 0. The summed E-state index contributed by atoms with van der Waals surface area (Å²) >= 11 is 0. The van der Waals surface area contributed by atoms with Gasteiger partial charge in [0.05, 0.1) is 19.3 Å². The number of aromatic nitrogens is 4. The number of hydrogen-bond acceptors (Lipinski definition) is 7. The zero-order chi connectivity index (χ0) is 21.1. The maximum atomic E-state index is 12.6. The lowest BCUT2D eigenvalue weighted by molar-refractivity contribution is 0.102. The van der Waals surface area contributed by atoms with Crippen molar-refractivity contribution in [2.75, 3.05) is 18.2 Å². The standard InChI is InChI=1S/C21H20N6O3/c1-13-16(24-21(30-13)14-8-4-3-5-9-14)12-27-19(22)18(25-26-27)20(28)23-15-10-6-7-11-17(15)29-2/h3-11H,12,22H2,1-2H3,(H,23,28). The number of para-hydroxylation sites is 2. The van der Waals surface area contributed by atoms with Crippen LogP contribution in [0, 0.1) is 6.92 Å². The van der Waals surface area contributed by atoms with Gasteiger partial charge in [-0.05, 0) is 31.2 Å². The van der Waals surface area contributed by atoms with E-state index in [9.17, 15) is 4.79 Å². The summed E-state index contributed by atoms with van der Waals surface area (Å²) in [4.78, 5) is 17.2. The van der Waals surface area contributed by atoms with Crippen LogP contribution in [0.4, 0.5) is 11.5 Å². The van der Waals surface area contributed by atoms with Gasteiger partial charge in [0, 0.05) is 5.56 Å². The Hall–Kier alpha value is -4.14. The summed E-state index contributed by atoms with van der Waals surface area (Å²) in [5.74, 6) is 1.33. The van der Waals surface area contributed by atoms with E-state index < -0.39 is 5.91 Å². The van der Waals surface area contributed by atoms with E-state index in [2.05, 4.69) is 20.6 Å². The van der Waals surface area contributed by atoms with Gasteiger partial charge in [-0.3, -0.25) is 4.79 Å². The van der Waals surface area contributed by atoms with Gasteiger partial charge in [0.15, 0.2) is 11.5 Å². The van der Waals surface area contributed by atoms with Gasteiger partial charge in [0.2, 0.25) is 5.89 Å². The highest BCUT2D eigenvalue weighted by Gasteiger charge is 2.20. The van der Waals surface area contributed by atoms with Crippen LogP contribution in [0.15, 0.2) is 59.0 Å². The summed E-state index contributed by atoms with van der Waals surface area (Å²) in [6, 6.07) is 16.6. The molecule has 0 bridgehead atoms. The van der Waals surface area contributed by atoms with Crippen LogP contribution < -0.4 is 15.8 Å². The molecule has 3 N–H and O–H groups in total. The number of benzene rings is 2. The molecule has 2 heterocycles. The van der Waals surface area contributed by atoms with Gasteiger partial charge in [-0.2, -0.15) is 0 Å². The average Bonchev–Trinajstić information content (AvgIpc) is 3.32. The number of aryl methyl sites for hydroxylation is 1. The number of nitrogens with two attached hydrogens (primary N) is 1. The average molecular weight is 404 g/mol. The molecule has 0 aliphatic rings. The molecule has 4 aromatic rings. The highest BCUT2D eigenvalue weighted by molar-refractivity contribution is 6.06. The smallest absolute Gasteiger partial charge is 0.280 e. The van der Waals surface area contributed by atoms with E-state index in [0.29, 0.717) is 28.8 Å². The third-order valence-corrected chi connectivity index (χ3v) is 4.56. The van der Waals surface area contributed by atoms with Crippen LogP contribution in [-0.4, -0.2) is 33.0 Å². The molecule has 0 unspecified atom stereocenters. The largest absolute Gasteiger partial charge is 0.495 e. The minimum absolute atomic E-state index is 0.0188. The SMILES string of the molecule is COc1ccccc1NC(=O)c1nnn(Cc2nc(-c3ccccc3)oc2C)c1N. The molecule has 0 radical (unpaired) electrons. The first-order chi connectivity index (χ1) is 14.6. The Balaban J connectivity index is 1.54. The Kier molecular flexibility index (Phi) is 5.17. The van der Waals surface area contributed by atoms with Gasteiger partial charge in [0.25, 0.3) is 5.91 Å². The molecule has 2 aromatic carbocycles. The second-order valence-electron chi connectivity index (χ2n) is 6.52. The molecule has 0 aliphatic carbocycles. The van der Waals surface area contributed by atoms with Crippen LogP contribution in [0.1, 0.15) is 21.9 Å². The van der Waals surface area contributed by atoms with Crippen LogP contribution >= 0.6 is 0 Å². The number of carbonyl (C=O) groups is 1. The van der Waals surface area contributed by atoms with Gasteiger partial charge >= 0.3 is 0 Å². The molecule has 1 amide bonds. The zero-order valence-electron chi connectivity index (χ0n) is 16.5. The Bertz CT molecular complexity index is 1180. The van der Waals surface area contributed by atoms with E-state index in [1.165, 1.54) is 11.8 Å². The van der Waals surface area contributed by atoms with Crippen molar-refractivity contribution >= 4 is 17.4 Å². The van der Waals surface area contributed by atoms with Crippen molar-refractivity contribution in [1.82, 2.24) is 20.0 Å². The molecule has 9 nitrogen and oxygen atoms in total. The number of carbonyl (C=O) groups excluding carboxylic acids is 1. The van der Waals surface area contributed by atoms with Crippen molar-refractivity contribution in [3.8, 4) is 17.2 Å². The summed E-state index contributed by atoms with van der Waals surface area (Å²) in [7, 11) is 1.53. The number of amides is 1. The fraction of sp³-hybridized carbons (Fsp3) is 0.143. The summed E-state index contributed by atoms with van der Waals surface area (Å²) in [5, 5.41) is 10.7. The number of nitrogen functional groups attached to an aromatic ring is 1. The molecule has 152 valence electrons. The quantitative estimate of drug-likeness (QED) is 0.506. The van der Waals surface area contributed by atoms with Gasteiger partial charge in [0.1, 0.15) is 17.2 Å². The highest BCUT2D eigenvalue weighted by atomic mass is 16.5. The third-order valence-electron chi connectivity index (χ3n) is 4.56. The second-order valence-corrected chi connectivity index (χ2v) is 6.52. The predicted molar refractivity (Wildman–Crippen MR) is 111 cm³/mol. The normalized spacial score (nSPS) is 10.7. The molecule has 30 heavy (non-hydrogen) atoms. The topological polar surface area (TPSA) is 121 Å². The van der Waals surface area contributed by atoms with Gasteiger partial charge in [-0.15, -0.1) is 5.10 Å². The van der Waals surface area contributed by atoms with E-state index in [1.807, 2.05) is 43.3 Å². The van der Waals surface area contributed by atoms with Gasteiger partial charge < -0.3 is 20.2 Å². The lowest BCUT2D eigenvalue weighted by Crippen LogP contribution is -2.16. The predicted octanol–water partition coefficient (Wildman–Crippen LogP) is 3.13. The molecule has 0 atom stereocenters. The van der Waals surface area contributed by atoms with E-state index in [-0.39, 0.29) is 18.1 Å². The Morgan fingerprint density at radius 2 is 1.90 bits per heavy atom. The fourth-order valence-electron chi connectivity index (χ4n) is 2.95. The van der Waals surface area contributed by atoms with Crippen molar-refractivity contribution in [3.63, 3.8) is 0 Å². The first kappa shape index (κ1) is 19.2. The number of nitrogens with zero attached hydrogens (tertiary/aromatic N) is 4. The second kappa shape index (κ2) is 8.08. The molecule has 0 aliphatic heterocycles. The number of hydrogen-bond donors (Lipinski definition) is 2. The van der Waals surface area contributed by atoms with E-state index in [4.69, 9.17) is 14.9 Å². The molecule has 0 spiro atoms. The summed E-state index contributed by atoms with van der Waals surface area (Å²) in [5.41, 5.74) is 8.19. The van der Waals surface area contributed by atoms with Gasteiger partial charge in [-0.1, -0.05) is 35.5 Å².